The lowest BCUT2D eigenvalue weighted by atomic mass is 10.2. The van der Waals surface area contributed by atoms with Gasteiger partial charge in [-0.3, -0.25) is 4.79 Å². The van der Waals surface area contributed by atoms with Crippen LogP contribution in [-0.4, -0.2) is 74.4 Å². The number of anilines is 1. The highest BCUT2D eigenvalue weighted by molar-refractivity contribution is 7.91. The van der Waals surface area contributed by atoms with Gasteiger partial charge in [-0.1, -0.05) is 17.4 Å². The summed E-state index contributed by atoms with van der Waals surface area (Å²) >= 11 is 2.81. The zero-order valence-electron chi connectivity index (χ0n) is 17.6. The van der Waals surface area contributed by atoms with Crippen molar-refractivity contribution in [2.24, 2.45) is 0 Å². The first-order valence-electron chi connectivity index (χ1n) is 10.5. The summed E-state index contributed by atoms with van der Waals surface area (Å²) in [4.78, 5) is 22.0. The van der Waals surface area contributed by atoms with Gasteiger partial charge in [-0.25, -0.2) is 13.4 Å². The van der Waals surface area contributed by atoms with Gasteiger partial charge in [0.1, 0.15) is 16.0 Å². The Kier molecular flexibility index (Phi) is 5.82. The monoisotopic (exact) mass is 492 g/mol. The number of rotatable bonds is 5. The second kappa shape index (κ2) is 8.62. The SMILES string of the molecule is COc1ccc2nc(N3CCN(C(=O)[C@H]4CCCN4S(=O)(=O)c4cccs4)CC3)sc2c1. The second-order valence-corrected chi connectivity index (χ2v) is 11.9. The Labute approximate surface area is 195 Å². The fourth-order valence-corrected chi connectivity index (χ4v) is 8.10. The third-order valence-corrected chi connectivity index (χ3v) is 10.4. The summed E-state index contributed by atoms with van der Waals surface area (Å²) < 4.78 is 34.1. The van der Waals surface area contributed by atoms with Crippen LogP contribution in [0.2, 0.25) is 0 Å². The highest BCUT2D eigenvalue weighted by atomic mass is 32.2. The van der Waals surface area contributed by atoms with Gasteiger partial charge in [-0.2, -0.15) is 4.31 Å². The van der Waals surface area contributed by atoms with Crippen LogP contribution in [0.4, 0.5) is 5.13 Å². The number of carbonyl (C=O) groups is 1. The van der Waals surface area contributed by atoms with E-state index in [4.69, 9.17) is 9.72 Å². The Morgan fingerprint density at radius 3 is 2.69 bits per heavy atom. The lowest BCUT2D eigenvalue weighted by Gasteiger charge is -2.37. The average molecular weight is 493 g/mol. The van der Waals surface area contributed by atoms with E-state index >= 15 is 0 Å². The number of benzene rings is 1. The molecule has 5 rings (SSSR count). The number of amides is 1. The van der Waals surface area contributed by atoms with E-state index in [2.05, 4.69) is 4.90 Å². The summed E-state index contributed by atoms with van der Waals surface area (Å²) in [5.74, 6) is 0.720. The molecule has 0 aliphatic carbocycles. The zero-order chi connectivity index (χ0) is 22.3. The normalized spacial score (nSPS) is 20.2. The second-order valence-electron chi connectivity index (χ2n) is 7.85. The minimum Gasteiger partial charge on any atom is -0.497 e. The molecule has 0 N–H and O–H groups in total. The van der Waals surface area contributed by atoms with Crippen molar-refractivity contribution in [3.8, 4) is 5.75 Å². The van der Waals surface area contributed by atoms with Crippen LogP contribution in [0.3, 0.4) is 0 Å². The first kappa shape index (κ1) is 21.6. The lowest BCUT2D eigenvalue weighted by Crippen LogP contribution is -2.54. The Bertz CT molecular complexity index is 1220. The number of aromatic nitrogens is 1. The zero-order valence-corrected chi connectivity index (χ0v) is 20.1. The van der Waals surface area contributed by atoms with Crippen LogP contribution in [0.25, 0.3) is 10.2 Å². The average Bonchev–Trinajstić information content (AvgIpc) is 3.58. The van der Waals surface area contributed by atoms with Gasteiger partial charge in [-0.15, -0.1) is 11.3 Å². The first-order chi connectivity index (χ1) is 15.5. The van der Waals surface area contributed by atoms with Crippen LogP contribution in [-0.2, 0) is 14.8 Å². The van der Waals surface area contributed by atoms with Crippen molar-refractivity contribution in [1.29, 1.82) is 0 Å². The van der Waals surface area contributed by atoms with Gasteiger partial charge in [0.2, 0.25) is 5.91 Å². The van der Waals surface area contributed by atoms with E-state index in [1.807, 2.05) is 18.2 Å². The maximum Gasteiger partial charge on any atom is 0.253 e. The van der Waals surface area contributed by atoms with Crippen molar-refractivity contribution in [3.63, 3.8) is 0 Å². The number of fused-ring (bicyclic) bond motifs is 1. The van der Waals surface area contributed by atoms with Crippen molar-refractivity contribution in [3.05, 3.63) is 35.7 Å². The molecule has 1 aromatic carbocycles. The summed E-state index contributed by atoms with van der Waals surface area (Å²) in [6.07, 6.45) is 1.28. The summed E-state index contributed by atoms with van der Waals surface area (Å²) in [6, 6.07) is 8.56. The third-order valence-electron chi connectivity index (χ3n) is 5.99. The summed E-state index contributed by atoms with van der Waals surface area (Å²) in [5.41, 5.74) is 0.935. The largest absolute Gasteiger partial charge is 0.497 e. The number of ether oxygens (including phenoxy) is 1. The van der Waals surface area contributed by atoms with Crippen LogP contribution in [0.5, 0.6) is 5.75 Å². The van der Waals surface area contributed by atoms with Crippen molar-refractivity contribution in [1.82, 2.24) is 14.2 Å². The molecule has 2 saturated heterocycles. The van der Waals surface area contributed by atoms with Crippen molar-refractivity contribution < 1.29 is 17.9 Å². The first-order valence-corrected chi connectivity index (χ1v) is 13.6. The number of piperazine rings is 1. The molecule has 0 unspecified atom stereocenters. The Balaban J connectivity index is 1.26. The topological polar surface area (TPSA) is 83.1 Å². The molecule has 3 aromatic rings. The molecule has 1 atom stereocenters. The maximum absolute atomic E-state index is 13.3. The molecule has 2 aliphatic heterocycles. The number of thiophene rings is 1. The van der Waals surface area contributed by atoms with Gasteiger partial charge in [-0.05, 0) is 42.5 Å². The number of nitrogens with zero attached hydrogens (tertiary/aromatic N) is 4. The number of hydrogen-bond acceptors (Lipinski definition) is 8. The summed E-state index contributed by atoms with van der Waals surface area (Å²) in [5, 5.41) is 2.68. The molecule has 0 spiro atoms. The lowest BCUT2D eigenvalue weighted by molar-refractivity contribution is -0.134. The molecule has 2 aliphatic rings. The van der Waals surface area contributed by atoms with E-state index < -0.39 is 16.1 Å². The van der Waals surface area contributed by atoms with Gasteiger partial charge in [0.25, 0.3) is 10.0 Å². The molecule has 11 heteroatoms. The van der Waals surface area contributed by atoms with Crippen LogP contribution in [0.15, 0.2) is 39.9 Å². The molecular weight excluding hydrogens is 468 g/mol. The predicted molar refractivity (Wildman–Crippen MR) is 126 cm³/mol. The summed E-state index contributed by atoms with van der Waals surface area (Å²) in [7, 11) is -1.98. The molecule has 170 valence electrons. The number of methoxy groups -OCH3 is 1. The highest BCUT2D eigenvalue weighted by Gasteiger charge is 2.42. The van der Waals surface area contributed by atoms with Crippen LogP contribution >= 0.6 is 22.7 Å². The highest BCUT2D eigenvalue weighted by Crippen LogP contribution is 2.33. The van der Waals surface area contributed by atoms with E-state index in [1.54, 1.807) is 40.9 Å². The summed E-state index contributed by atoms with van der Waals surface area (Å²) in [6.45, 7) is 2.86. The van der Waals surface area contributed by atoms with Gasteiger partial charge in [0.15, 0.2) is 5.13 Å². The Morgan fingerprint density at radius 2 is 1.97 bits per heavy atom. The number of hydrogen-bond donors (Lipinski definition) is 0. The van der Waals surface area contributed by atoms with Gasteiger partial charge >= 0.3 is 0 Å². The molecule has 4 heterocycles. The van der Waals surface area contributed by atoms with Gasteiger partial charge in [0.05, 0.1) is 17.3 Å². The molecule has 8 nitrogen and oxygen atoms in total. The molecule has 0 radical (unpaired) electrons. The molecule has 2 aromatic heterocycles. The van der Waals surface area contributed by atoms with Crippen molar-refractivity contribution in [2.45, 2.75) is 23.1 Å². The molecule has 2 fully saturated rings. The fourth-order valence-electron chi connectivity index (χ4n) is 4.28. The number of carbonyl (C=O) groups excluding carboxylic acids is 1. The smallest absolute Gasteiger partial charge is 0.253 e. The van der Waals surface area contributed by atoms with Crippen LogP contribution in [0.1, 0.15) is 12.8 Å². The van der Waals surface area contributed by atoms with Crippen molar-refractivity contribution >= 4 is 54.0 Å². The molecular formula is C21H24N4O4S3. The van der Waals surface area contributed by atoms with E-state index in [1.165, 1.54) is 15.6 Å². The molecule has 0 saturated carbocycles. The van der Waals surface area contributed by atoms with E-state index in [0.717, 1.165) is 21.1 Å². The Morgan fingerprint density at radius 1 is 1.16 bits per heavy atom. The quantitative estimate of drug-likeness (QED) is 0.545. The fraction of sp³-hybridized carbons (Fsp3) is 0.429. The van der Waals surface area contributed by atoms with Crippen LogP contribution in [0, 0.1) is 0 Å². The van der Waals surface area contributed by atoms with Crippen molar-refractivity contribution in [2.75, 3.05) is 44.7 Å². The molecule has 0 bridgehead atoms. The van der Waals surface area contributed by atoms with Crippen LogP contribution < -0.4 is 9.64 Å². The number of thiazole rings is 1. The minimum atomic E-state index is -3.63. The molecule has 32 heavy (non-hydrogen) atoms. The van der Waals surface area contributed by atoms with E-state index in [9.17, 15) is 13.2 Å². The third kappa shape index (κ3) is 3.87. The standard InChI is InChI=1S/C21H24N4O4S3/c1-29-15-6-7-16-18(14-15)31-21(22-16)24-11-9-23(10-12-24)20(26)17-4-2-8-25(17)32(27,28)19-5-3-13-30-19/h3,5-7,13-14,17H,2,4,8-12H2,1H3/t17-/m1/s1. The van der Waals surface area contributed by atoms with Gasteiger partial charge in [0, 0.05) is 32.7 Å². The maximum atomic E-state index is 13.3. The minimum absolute atomic E-state index is 0.0867. The number of sulfonamides is 1. The van der Waals surface area contributed by atoms with E-state index in [0.29, 0.717) is 49.8 Å². The van der Waals surface area contributed by atoms with E-state index in [-0.39, 0.29) is 5.91 Å². The Hall–Kier alpha value is -2.21. The predicted octanol–water partition coefficient (Wildman–Crippen LogP) is 2.87. The molecule has 1 amide bonds. The van der Waals surface area contributed by atoms with Gasteiger partial charge < -0.3 is 14.5 Å².